The van der Waals surface area contributed by atoms with Gasteiger partial charge in [0.2, 0.25) is 0 Å². The lowest BCUT2D eigenvalue weighted by Gasteiger charge is -2.21. The number of nitrogens with zero attached hydrogens (tertiary/aromatic N) is 3. The van der Waals surface area contributed by atoms with E-state index < -0.39 is 31.1 Å². The van der Waals surface area contributed by atoms with Gasteiger partial charge in [0.25, 0.3) is 0 Å². The minimum Gasteiger partial charge on any atom is -0.394 e. The molecule has 2 aliphatic rings. The molecule has 9 heteroatoms. The average molecular weight is 281 g/mol. The summed E-state index contributed by atoms with van der Waals surface area (Å²) in [7, 11) is 0. The first-order valence-corrected chi connectivity index (χ1v) is 6.02. The number of aromatic nitrogens is 2. The van der Waals surface area contributed by atoms with Crippen LogP contribution >= 0.6 is 0 Å². The van der Waals surface area contributed by atoms with Gasteiger partial charge in [0.05, 0.1) is 12.9 Å². The predicted octanol–water partition coefficient (Wildman–Crippen LogP) is -1.90. The molecule has 4 atom stereocenters. The highest BCUT2D eigenvalue weighted by molar-refractivity contribution is 6.02. The lowest BCUT2D eigenvalue weighted by atomic mass is 10.1. The number of ether oxygens (including phenoxy) is 1. The lowest BCUT2D eigenvalue weighted by Crippen LogP contribution is -2.33. The molecule has 108 valence electrons. The Morgan fingerprint density at radius 3 is 2.85 bits per heavy atom. The van der Waals surface area contributed by atoms with Gasteiger partial charge in [-0.05, 0) is 0 Å². The van der Waals surface area contributed by atoms with E-state index in [1.807, 2.05) is 0 Å². The average Bonchev–Trinajstić information content (AvgIpc) is 2.93. The van der Waals surface area contributed by atoms with Crippen LogP contribution in [0.5, 0.6) is 0 Å². The highest BCUT2D eigenvalue weighted by Gasteiger charge is 2.44. The number of anilines is 1. The minimum atomic E-state index is -1.19. The quantitative estimate of drug-likeness (QED) is 0.426. The topological polar surface area (TPSA) is 138 Å². The van der Waals surface area contributed by atoms with E-state index in [9.17, 15) is 10.2 Å². The molecule has 20 heavy (non-hydrogen) atoms. The van der Waals surface area contributed by atoms with Crippen LogP contribution in [0.15, 0.2) is 23.7 Å². The van der Waals surface area contributed by atoms with Crippen LogP contribution in [0.2, 0.25) is 0 Å². The van der Waals surface area contributed by atoms with Gasteiger partial charge in [-0.15, -0.1) is 0 Å². The van der Waals surface area contributed by atoms with Crippen molar-refractivity contribution in [3.8, 4) is 0 Å². The van der Waals surface area contributed by atoms with Gasteiger partial charge in [-0.1, -0.05) is 6.58 Å². The Bertz CT molecular complexity index is 583. The summed E-state index contributed by atoms with van der Waals surface area (Å²) >= 11 is 0. The molecule has 1 aromatic rings. The third kappa shape index (κ3) is 1.79. The van der Waals surface area contributed by atoms with Gasteiger partial charge in [0.1, 0.15) is 35.6 Å². The summed E-state index contributed by atoms with van der Waals surface area (Å²) in [5.41, 5.74) is 6.16. The fourth-order valence-corrected chi connectivity index (χ4v) is 2.34. The van der Waals surface area contributed by atoms with E-state index >= 15 is 0 Å². The number of imidazole rings is 1. The first-order chi connectivity index (χ1) is 9.52. The zero-order valence-electron chi connectivity index (χ0n) is 10.5. The van der Waals surface area contributed by atoms with Gasteiger partial charge in [0.15, 0.2) is 12.1 Å². The maximum atomic E-state index is 10.0. The normalized spacial score (nSPS) is 32.8. The zero-order chi connectivity index (χ0) is 14.4. The summed E-state index contributed by atoms with van der Waals surface area (Å²) in [6.45, 7) is 3.27. The van der Waals surface area contributed by atoms with Crippen molar-refractivity contribution in [1.29, 1.82) is 0 Å². The van der Waals surface area contributed by atoms with Gasteiger partial charge < -0.3 is 31.1 Å². The molecule has 1 fully saturated rings. The van der Waals surface area contributed by atoms with Crippen molar-refractivity contribution in [2.45, 2.75) is 24.5 Å². The van der Waals surface area contributed by atoms with Crippen molar-refractivity contribution >= 4 is 11.7 Å². The first kappa shape index (κ1) is 13.1. The second-order valence-electron chi connectivity index (χ2n) is 4.65. The van der Waals surface area contributed by atoms with Crippen molar-refractivity contribution in [2.24, 2.45) is 10.7 Å². The zero-order valence-corrected chi connectivity index (χ0v) is 10.5. The van der Waals surface area contributed by atoms with Crippen LogP contribution in [0.4, 0.5) is 5.82 Å². The molecular formula is C11H15N5O4. The monoisotopic (exact) mass is 281 g/mol. The number of nitrogens with two attached hydrogens (primary N) is 1. The molecule has 0 saturated carbocycles. The Balaban J connectivity index is 1.97. The summed E-state index contributed by atoms with van der Waals surface area (Å²) in [6, 6.07) is 0. The second-order valence-corrected chi connectivity index (χ2v) is 4.65. The highest BCUT2D eigenvalue weighted by Crippen LogP contribution is 2.33. The van der Waals surface area contributed by atoms with Gasteiger partial charge in [-0.3, -0.25) is 4.57 Å². The molecule has 1 saturated heterocycles. The number of aliphatic imine (C=N–C) groups is 1. The van der Waals surface area contributed by atoms with Crippen molar-refractivity contribution in [3.63, 3.8) is 0 Å². The standard InChI is InChI=1S/C11H15N5O4/c1-4-14-9(12)6-10(15-4)16(3-13-6)11-8(19)7(18)5(2-17)20-11/h3,5,7-8,11,15,17-19H,1-2H2,(H2,12,14)/t5-,7?,8+,11-/m1/s1. The number of fused-ring (bicyclic) bond motifs is 1. The Kier molecular flexibility index (Phi) is 2.98. The lowest BCUT2D eigenvalue weighted by molar-refractivity contribution is -0.0518. The fraction of sp³-hybridized carbons (Fsp3) is 0.455. The van der Waals surface area contributed by atoms with Crippen molar-refractivity contribution in [3.05, 3.63) is 24.4 Å². The summed E-state index contributed by atoms with van der Waals surface area (Å²) in [5, 5.41) is 31.8. The van der Waals surface area contributed by atoms with E-state index in [1.54, 1.807) is 0 Å². The van der Waals surface area contributed by atoms with E-state index in [2.05, 4.69) is 21.9 Å². The predicted molar refractivity (Wildman–Crippen MR) is 68.7 cm³/mol. The SMILES string of the molecule is C=C1N=C(N)c2ncn([C@@H]3O[C@H](CO)C(O)[C@@H]3O)c2N1. The molecule has 9 nitrogen and oxygen atoms in total. The Morgan fingerprint density at radius 2 is 2.20 bits per heavy atom. The summed E-state index contributed by atoms with van der Waals surface area (Å²) in [6.07, 6.45) is -2.70. The Labute approximate surface area is 114 Å². The summed E-state index contributed by atoms with van der Waals surface area (Å²) in [5.74, 6) is 1.01. The summed E-state index contributed by atoms with van der Waals surface area (Å²) < 4.78 is 6.93. The molecule has 1 unspecified atom stereocenters. The Hall–Kier alpha value is -1.94. The van der Waals surface area contributed by atoms with Crippen molar-refractivity contribution in [2.75, 3.05) is 11.9 Å². The number of hydrogen-bond donors (Lipinski definition) is 5. The van der Waals surface area contributed by atoms with Gasteiger partial charge in [0, 0.05) is 0 Å². The maximum Gasteiger partial charge on any atom is 0.165 e. The number of hydrogen-bond acceptors (Lipinski definition) is 8. The first-order valence-electron chi connectivity index (χ1n) is 6.02. The van der Waals surface area contributed by atoms with Crippen LogP contribution in [0.25, 0.3) is 0 Å². The van der Waals surface area contributed by atoms with Crippen LogP contribution in [0.1, 0.15) is 11.9 Å². The van der Waals surface area contributed by atoms with Gasteiger partial charge in [-0.25, -0.2) is 9.98 Å². The van der Waals surface area contributed by atoms with Gasteiger partial charge in [-0.2, -0.15) is 0 Å². The number of aliphatic hydroxyl groups is 3. The van der Waals surface area contributed by atoms with Crippen LogP contribution < -0.4 is 11.1 Å². The highest BCUT2D eigenvalue weighted by atomic mass is 16.6. The molecule has 0 aliphatic carbocycles. The van der Waals surface area contributed by atoms with Crippen molar-refractivity contribution in [1.82, 2.24) is 9.55 Å². The van der Waals surface area contributed by atoms with Crippen LogP contribution in [-0.2, 0) is 4.74 Å². The molecule has 0 aromatic carbocycles. The van der Waals surface area contributed by atoms with Crippen molar-refractivity contribution < 1.29 is 20.1 Å². The largest absolute Gasteiger partial charge is 0.394 e. The van der Waals surface area contributed by atoms with E-state index in [4.69, 9.17) is 15.6 Å². The molecule has 0 bridgehead atoms. The molecule has 2 aliphatic heterocycles. The molecule has 0 amide bonds. The Morgan fingerprint density at radius 1 is 1.45 bits per heavy atom. The number of rotatable bonds is 2. The molecular weight excluding hydrogens is 266 g/mol. The van der Waals surface area contributed by atoms with E-state index in [1.165, 1.54) is 10.9 Å². The fourth-order valence-electron chi connectivity index (χ4n) is 2.34. The third-order valence-corrected chi connectivity index (χ3v) is 3.35. The maximum absolute atomic E-state index is 10.0. The van der Waals surface area contributed by atoms with Crippen LogP contribution in [0, 0.1) is 0 Å². The van der Waals surface area contributed by atoms with Crippen LogP contribution in [-0.4, -0.2) is 55.6 Å². The molecule has 0 radical (unpaired) electrons. The van der Waals surface area contributed by atoms with Gasteiger partial charge >= 0.3 is 0 Å². The van der Waals surface area contributed by atoms with E-state index in [0.29, 0.717) is 17.3 Å². The van der Waals surface area contributed by atoms with E-state index in [0.717, 1.165) is 0 Å². The van der Waals surface area contributed by atoms with Crippen LogP contribution in [0.3, 0.4) is 0 Å². The molecule has 3 heterocycles. The summed E-state index contributed by atoms with van der Waals surface area (Å²) in [4.78, 5) is 8.04. The second kappa shape index (κ2) is 4.56. The smallest absolute Gasteiger partial charge is 0.165 e. The molecule has 6 N–H and O–H groups in total. The number of aliphatic hydroxyl groups excluding tert-OH is 3. The number of amidine groups is 1. The third-order valence-electron chi connectivity index (χ3n) is 3.35. The number of nitrogens with one attached hydrogen (secondary N) is 1. The molecule has 0 spiro atoms. The molecule has 3 rings (SSSR count). The van der Waals surface area contributed by atoms with E-state index in [-0.39, 0.29) is 5.84 Å². The minimum absolute atomic E-state index is 0.203. The molecule has 1 aromatic heterocycles.